The number of ketones is 1. The molecule has 18 heavy (non-hydrogen) atoms. The Morgan fingerprint density at radius 1 is 1.44 bits per heavy atom. The molecule has 0 radical (unpaired) electrons. The van der Waals surface area contributed by atoms with Gasteiger partial charge in [0.15, 0.2) is 5.78 Å². The summed E-state index contributed by atoms with van der Waals surface area (Å²) < 4.78 is 13.8. The van der Waals surface area contributed by atoms with E-state index in [0.29, 0.717) is 5.02 Å². The van der Waals surface area contributed by atoms with E-state index in [0.717, 1.165) is 17.9 Å². The van der Waals surface area contributed by atoms with Crippen LogP contribution in [0.3, 0.4) is 0 Å². The molecule has 1 fully saturated rings. The van der Waals surface area contributed by atoms with E-state index in [9.17, 15) is 9.18 Å². The van der Waals surface area contributed by atoms with Crippen LogP contribution in [0.5, 0.6) is 0 Å². The molecule has 0 aromatic heterocycles. The van der Waals surface area contributed by atoms with Crippen molar-refractivity contribution < 1.29 is 9.18 Å². The highest BCUT2D eigenvalue weighted by atomic mass is 35.5. The lowest BCUT2D eigenvalue weighted by molar-refractivity contribution is 0.0984. The van der Waals surface area contributed by atoms with Gasteiger partial charge < -0.3 is 0 Å². The van der Waals surface area contributed by atoms with Gasteiger partial charge in [-0.25, -0.2) is 4.39 Å². The van der Waals surface area contributed by atoms with Crippen LogP contribution in [0.1, 0.15) is 23.7 Å². The fourth-order valence-electron chi connectivity index (χ4n) is 1.99. The number of hydrogen-bond donors (Lipinski definition) is 0. The molecule has 0 amide bonds. The first-order chi connectivity index (χ1) is 8.63. The molecule has 98 valence electrons. The van der Waals surface area contributed by atoms with Crippen molar-refractivity contribution >= 4 is 40.9 Å². The summed E-state index contributed by atoms with van der Waals surface area (Å²) in [5.74, 6) is 1.40. The lowest BCUT2D eigenvalue weighted by Crippen LogP contribution is -2.33. The van der Waals surface area contributed by atoms with Crippen LogP contribution in [0.25, 0.3) is 0 Å². The summed E-state index contributed by atoms with van der Waals surface area (Å²) in [6, 6.07) is 4.27. The van der Waals surface area contributed by atoms with E-state index in [1.165, 1.54) is 12.1 Å². The first-order valence-corrected chi connectivity index (χ1v) is 8.33. The number of rotatable bonds is 3. The van der Waals surface area contributed by atoms with Crippen molar-refractivity contribution in [2.24, 2.45) is 0 Å². The van der Waals surface area contributed by atoms with Crippen LogP contribution in [0.2, 0.25) is 5.02 Å². The topological polar surface area (TPSA) is 17.1 Å². The third-order valence-electron chi connectivity index (χ3n) is 2.91. The second-order valence-corrected chi connectivity index (χ2v) is 7.13. The third-order valence-corrected chi connectivity index (χ3v) is 6.39. The average molecular weight is 305 g/mol. The number of Topliss-reactive ketones (excluding diaryl/α,β-unsaturated/α-hetero) is 1. The maximum Gasteiger partial charge on any atom is 0.179 e. The summed E-state index contributed by atoms with van der Waals surface area (Å²) in [6.07, 6.45) is 0.934. The van der Waals surface area contributed by atoms with Crippen LogP contribution >= 0.6 is 35.1 Å². The van der Waals surface area contributed by atoms with Crippen molar-refractivity contribution in [3.63, 3.8) is 0 Å². The van der Waals surface area contributed by atoms with Gasteiger partial charge in [0.05, 0.1) is 10.8 Å². The molecule has 2 unspecified atom stereocenters. The standard InChI is InChI=1S/C13H14ClFOS2/c1-2-11-13(18-6-5-17-11)12(16)9-4-3-8(14)7-10(9)15/h3-4,7,11,13H,2,5-6H2,1H3. The van der Waals surface area contributed by atoms with Gasteiger partial charge in [0.1, 0.15) is 5.82 Å². The Bertz CT molecular complexity index is 453. The van der Waals surface area contributed by atoms with Crippen molar-refractivity contribution in [2.75, 3.05) is 11.5 Å². The van der Waals surface area contributed by atoms with Crippen molar-refractivity contribution in [3.05, 3.63) is 34.6 Å². The molecular weight excluding hydrogens is 291 g/mol. The first kappa shape index (κ1) is 14.2. The molecule has 5 heteroatoms. The van der Waals surface area contributed by atoms with E-state index in [2.05, 4.69) is 6.92 Å². The van der Waals surface area contributed by atoms with Crippen LogP contribution in [0, 0.1) is 5.82 Å². The van der Waals surface area contributed by atoms with Crippen LogP contribution in [0.4, 0.5) is 4.39 Å². The fraction of sp³-hybridized carbons (Fsp3) is 0.462. The second kappa shape index (κ2) is 6.31. The Kier molecular flexibility index (Phi) is 4.98. The van der Waals surface area contributed by atoms with Crippen molar-refractivity contribution in [2.45, 2.75) is 23.8 Å². The lowest BCUT2D eigenvalue weighted by atomic mass is 10.0. The SMILES string of the molecule is CCC1SCCSC1C(=O)c1ccc(Cl)cc1F. The normalized spacial score (nSPS) is 23.9. The maximum absolute atomic E-state index is 13.8. The van der Waals surface area contributed by atoms with Gasteiger partial charge in [-0.3, -0.25) is 4.79 Å². The maximum atomic E-state index is 13.8. The summed E-state index contributed by atoms with van der Waals surface area (Å²) in [6.45, 7) is 2.07. The van der Waals surface area contributed by atoms with Gasteiger partial charge in [0.25, 0.3) is 0 Å². The predicted octanol–water partition coefficient (Wildman–Crippen LogP) is 4.29. The van der Waals surface area contributed by atoms with E-state index in [1.54, 1.807) is 17.8 Å². The zero-order valence-electron chi connectivity index (χ0n) is 9.99. The first-order valence-electron chi connectivity index (χ1n) is 5.86. The molecule has 1 aliphatic heterocycles. The summed E-state index contributed by atoms with van der Waals surface area (Å²) in [5, 5.41) is 0.470. The molecule has 2 atom stereocenters. The number of carbonyl (C=O) groups excluding carboxylic acids is 1. The number of halogens is 2. The number of carbonyl (C=O) groups is 1. The van der Waals surface area contributed by atoms with Gasteiger partial charge in [-0.15, -0.1) is 11.8 Å². The highest BCUT2D eigenvalue weighted by Gasteiger charge is 2.32. The number of hydrogen-bond acceptors (Lipinski definition) is 3. The van der Waals surface area contributed by atoms with Crippen molar-refractivity contribution in [3.8, 4) is 0 Å². The summed E-state index contributed by atoms with van der Waals surface area (Å²) >= 11 is 9.16. The third kappa shape index (κ3) is 3.03. The lowest BCUT2D eigenvalue weighted by Gasteiger charge is -2.28. The Morgan fingerprint density at radius 3 is 2.83 bits per heavy atom. The van der Waals surface area contributed by atoms with Gasteiger partial charge in [0.2, 0.25) is 0 Å². The van der Waals surface area contributed by atoms with Crippen LogP contribution in [0.15, 0.2) is 18.2 Å². The summed E-state index contributed by atoms with van der Waals surface area (Å²) in [4.78, 5) is 12.4. The molecule has 0 N–H and O–H groups in total. The monoisotopic (exact) mass is 304 g/mol. The minimum absolute atomic E-state index is 0.104. The zero-order valence-corrected chi connectivity index (χ0v) is 12.4. The molecule has 0 saturated carbocycles. The van der Waals surface area contributed by atoms with E-state index in [4.69, 9.17) is 11.6 Å². The quantitative estimate of drug-likeness (QED) is 0.776. The molecule has 2 rings (SSSR count). The van der Waals surface area contributed by atoms with E-state index in [-0.39, 0.29) is 21.8 Å². The van der Waals surface area contributed by atoms with Crippen molar-refractivity contribution in [1.29, 1.82) is 0 Å². The smallest absolute Gasteiger partial charge is 0.179 e. The van der Waals surface area contributed by atoms with Gasteiger partial charge in [-0.2, -0.15) is 11.8 Å². The van der Waals surface area contributed by atoms with Gasteiger partial charge >= 0.3 is 0 Å². The van der Waals surface area contributed by atoms with Gasteiger partial charge in [-0.1, -0.05) is 18.5 Å². The molecular formula is C13H14ClFOS2. The summed E-state index contributed by atoms with van der Waals surface area (Å²) in [7, 11) is 0. The Morgan fingerprint density at radius 2 is 2.17 bits per heavy atom. The fourth-order valence-corrected chi connectivity index (χ4v) is 5.16. The molecule has 0 bridgehead atoms. The largest absolute Gasteiger partial charge is 0.293 e. The minimum atomic E-state index is -0.515. The van der Waals surface area contributed by atoms with Crippen LogP contribution in [-0.2, 0) is 0 Å². The van der Waals surface area contributed by atoms with Crippen LogP contribution < -0.4 is 0 Å². The molecule has 0 spiro atoms. The summed E-state index contributed by atoms with van der Waals surface area (Å²) in [5.41, 5.74) is 0.165. The Labute approximate surface area is 120 Å². The molecule has 1 heterocycles. The minimum Gasteiger partial charge on any atom is -0.293 e. The zero-order chi connectivity index (χ0) is 13.1. The Hall–Kier alpha value is -0.190. The van der Waals surface area contributed by atoms with Crippen LogP contribution in [-0.4, -0.2) is 27.8 Å². The molecule has 1 nitrogen and oxygen atoms in total. The predicted molar refractivity (Wildman–Crippen MR) is 78.5 cm³/mol. The average Bonchev–Trinajstić information content (AvgIpc) is 2.38. The van der Waals surface area contributed by atoms with E-state index >= 15 is 0 Å². The Balaban J connectivity index is 2.24. The van der Waals surface area contributed by atoms with Gasteiger partial charge in [0, 0.05) is 21.8 Å². The van der Waals surface area contributed by atoms with Gasteiger partial charge in [-0.05, 0) is 24.6 Å². The highest BCUT2D eigenvalue weighted by molar-refractivity contribution is 8.07. The van der Waals surface area contributed by atoms with Crippen molar-refractivity contribution in [1.82, 2.24) is 0 Å². The molecule has 1 saturated heterocycles. The second-order valence-electron chi connectivity index (χ2n) is 4.10. The molecule has 0 aliphatic carbocycles. The number of benzene rings is 1. The molecule has 1 aliphatic rings. The van der Waals surface area contributed by atoms with E-state index < -0.39 is 5.82 Å². The molecule has 1 aromatic rings. The number of thioether (sulfide) groups is 2. The molecule has 1 aromatic carbocycles. The van der Waals surface area contributed by atoms with E-state index in [1.807, 2.05) is 11.8 Å². The highest BCUT2D eigenvalue weighted by Crippen LogP contribution is 2.35.